The molecule has 1 aliphatic rings. The topological polar surface area (TPSA) is 86.0 Å². The number of amides is 2. The van der Waals surface area contributed by atoms with Crippen LogP contribution >= 0.6 is 0 Å². The first-order chi connectivity index (χ1) is 13.4. The van der Waals surface area contributed by atoms with Gasteiger partial charge in [0.1, 0.15) is 5.82 Å². The number of carbonyl (C=O) groups is 2. The molecule has 1 aromatic heterocycles. The molecule has 0 saturated carbocycles. The lowest BCUT2D eigenvalue weighted by atomic mass is 10.0. The van der Waals surface area contributed by atoms with Gasteiger partial charge in [0, 0.05) is 35.6 Å². The molecule has 6 nitrogen and oxygen atoms in total. The predicted octanol–water partition coefficient (Wildman–Crippen LogP) is 3.59. The van der Waals surface area contributed by atoms with E-state index in [4.69, 9.17) is 0 Å². The average Bonchev–Trinajstić information content (AvgIpc) is 3.10. The third-order valence-corrected chi connectivity index (χ3v) is 4.75. The van der Waals surface area contributed by atoms with Gasteiger partial charge in [0.15, 0.2) is 0 Å². The Balaban J connectivity index is 1.81. The van der Waals surface area contributed by atoms with Crippen LogP contribution in [-0.4, -0.2) is 29.9 Å². The third-order valence-electron chi connectivity index (χ3n) is 4.75. The van der Waals surface area contributed by atoms with Crippen LogP contribution in [0.5, 0.6) is 0 Å². The van der Waals surface area contributed by atoms with Crippen LogP contribution in [-0.2, 0) is 9.59 Å². The summed E-state index contributed by atoms with van der Waals surface area (Å²) in [6.45, 7) is 7.33. The van der Waals surface area contributed by atoms with Gasteiger partial charge in [0.05, 0.1) is 11.3 Å². The van der Waals surface area contributed by atoms with Crippen molar-refractivity contribution in [3.05, 3.63) is 46.5 Å². The summed E-state index contributed by atoms with van der Waals surface area (Å²) in [6, 6.07) is 4.21. The number of anilines is 2. The Hall–Kier alpha value is -2.93. The van der Waals surface area contributed by atoms with E-state index in [-0.39, 0.29) is 11.8 Å². The van der Waals surface area contributed by atoms with Crippen LogP contribution in [0.15, 0.2) is 18.2 Å². The van der Waals surface area contributed by atoms with Crippen molar-refractivity contribution in [1.29, 1.82) is 0 Å². The van der Waals surface area contributed by atoms with Crippen LogP contribution in [0.3, 0.4) is 0 Å². The lowest BCUT2D eigenvalue weighted by molar-refractivity contribution is -0.116. The Labute approximate surface area is 163 Å². The van der Waals surface area contributed by atoms with Crippen molar-refractivity contribution in [1.82, 2.24) is 10.3 Å². The number of rotatable bonds is 7. The molecule has 1 aliphatic heterocycles. The summed E-state index contributed by atoms with van der Waals surface area (Å²) in [5.41, 5.74) is 4.57. The first kappa shape index (κ1) is 19.8. The van der Waals surface area contributed by atoms with Crippen molar-refractivity contribution in [3.63, 3.8) is 0 Å². The molecule has 4 N–H and O–H groups in total. The van der Waals surface area contributed by atoms with Crippen LogP contribution in [0.2, 0.25) is 0 Å². The van der Waals surface area contributed by atoms with E-state index in [1.165, 1.54) is 12.1 Å². The fourth-order valence-electron chi connectivity index (χ4n) is 3.26. The Morgan fingerprint density at radius 3 is 2.79 bits per heavy atom. The number of aromatic amines is 1. The minimum Gasteiger partial charge on any atom is -0.357 e. The largest absolute Gasteiger partial charge is 0.357 e. The monoisotopic (exact) mass is 384 g/mol. The van der Waals surface area contributed by atoms with Gasteiger partial charge >= 0.3 is 0 Å². The quantitative estimate of drug-likeness (QED) is 0.435. The van der Waals surface area contributed by atoms with Gasteiger partial charge in [-0.05, 0) is 56.7 Å². The van der Waals surface area contributed by atoms with E-state index in [1.807, 2.05) is 13.8 Å². The smallest absolute Gasteiger partial charge is 0.256 e. The number of hydrogen-bond acceptors (Lipinski definition) is 3. The second kappa shape index (κ2) is 8.39. The zero-order valence-corrected chi connectivity index (χ0v) is 16.3. The molecule has 0 radical (unpaired) electrons. The third kappa shape index (κ3) is 4.14. The van der Waals surface area contributed by atoms with Crippen LogP contribution in [0, 0.1) is 19.7 Å². The second-order valence-electron chi connectivity index (χ2n) is 6.91. The van der Waals surface area contributed by atoms with E-state index >= 15 is 0 Å². The fourth-order valence-corrected chi connectivity index (χ4v) is 3.26. The molecule has 0 atom stereocenters. The standard InChI is InChI=1S/C21H25FN4O2/c1-4-8-23-9-7-19(27)26-20-12(2)18(24-13(20)3)11-16-15-10-14(22)5-6-17(15)25-21(16)28/h5-6,10-11,23-24H,4,7-9H2,1-3H3,(H,25,28)(H,26,27)/b16-11-. The number of aromatic nitrogens is 1. The van der Waals surface area contributed by atoms with Gasteiger partial charge in [-0.1, -0.05) is 6.92 Å². The van der Waals surface area contributed by atoms with Crippen molar-refractivity contribution >= 4 is 34.8 Å². The Bertz CT molecular complexity index is 946. The maximum atomic E-state index is 13.6. The highest BCUT2D eigenvalue weighted by Crippen LogP contribution is 2.35. The number of nitrogens with one attached hydrogen (secondary N) is 4. The van der Waals surface area contributed by atoms with Crippen molar-refractivity contribution in [2.75, 3.05) is 23.7 Å². The highest BCUT2D eigenvalue weighted by atomic mass is 19.1. The molecule has 0 bridgehead atoms. The van der Waals surface area contributed by atoms with Gasteiger partial charge in [0.25, 0.3) is 5.91 Å². The molecule has 2 amide bonds. The van der Waals surface area contributed by atoms with Crippen molar-refractivity contribution in [3.8, 4) is 0 Å². The molecular weight excluding hydrogens is 359 g/mol. The van der Waals surface area contributed by atoms with E-state index in [0.29, 0.717) is 41.2 Å². The van der Waals surface area contributed by atoms with E-state index in [2.05, 4.69) is 27.9 Å². The molecule has 0 spiro atoms. The number of carbonyl (C=O) groups excluding carboxylic acids is 2. The van der Waals surface area contributed by atoms with Crippen LogP contribution < -0.4 is 16.0 Å². The molecule has 1 aromatic carbocycles. The number of hydrogen-bond donors (Lipinski definition) is 4. The first-order valence-corrected chi connectivity index (χ1v) is 9.43. The lowest BCUT2D eigenvalue weighted by Gasteiger charge is -2.07. The number of aryl methyl sites for hydroxylation is 1. The summed E-state index contributed by atoms with van der Waals surface area (Å²) < 4.78 is 13.6. The summed E-state index contributed by atoms with van der Waals surface area (Å²) in [6.07, 6.45) is 3.10. The zero-order chi connectivity index (χ0) is 20.3. The molecule has 0 saturated heterocycles. The van der Waals surface area contributed by atoms with Gasteiger partial charge in [-0.15, -0.1) is 0 Å². The molecule has 7 heteroatoms. The normalized spacial score (nSPS) is 14.3. The second-order valence-corrected chi connectivity index (χ2v) is 6.91. The van der Waals surface area contributed by atoms with Gasteiger partial charge in [-0.2, -0.15) is 0 Å². The van der Waals surface area contributed by atoms with E-state index in [0.717, 1.165) is 24.2 Å². The van der Waals surface area contributed by atoms with E-state index in [9.17, 15) is 14.0 Å². The van der Waals surface area contributed by atoms with Gasteiger partial charge in [0.2, 0.25) is 5.91 Å². The minimum atomic E-state index is -0.398. The minimum absolute atomic E-state index is 0.0703. The van der Waals surface area contributed by atoms with Crippen LogP contribution in [0.4, 0.5) is 15.8 Å². The molecule has 2 aromatic rings. The molecule has 2 heterocycles. The highest BCUT2D eigenvalue weighted by molar-refractivity contribution is 6.34. The molecular formula is C21H25FN4O2. The SMILES string of the molecule is CCCNCCC(=O)Nc1c(C)[nH]c(/C=C2\C(=O)Nc3ccc(F)cc32)c1C. The average molecular weight is 384 g/mol. The van der Waals surface area contributed by atoms with Crippen molar-refractivity contribution in [2.45, 2.75) is 33.6 Å². The number of halogens is 1. The van der Waals surface area contributed by atoms with Crippen LogP contribution in [0.1, 0.15) is 42.3 Å². The van der Waals surface area contributed by atoms with Crippen molar-refractivity contribution in [2.24, 2.45) is 0 Å². The maximum absolute atomic E-state index is 13.6. The molecule has 0 aliphatic carbocycles. The van der Waals surface area contributed by atoms with E-state index in [1.54, 1.807) is 12.1 Å². The highest BCUT2D eigenvalue weighted by Gasteiger charge is 2.25. The zero-order valence-electron chi connectivity index (χ0n) is 16.3. The van der Waals surface area contributed by atoms with E-state index < -0.39 is 5.82 Å². The predicted molar refractivity (Wildman–Crippen MR) is 110 cm³/mol. The summed E-state index contributed by atoms with van der Waals surface area (Å²) in [4.78, 5) is 27.7. The van der Waals surface area contributed by atoms with Gasteiger partial charge in [-0.3, -0.25) is 9.59 Å². The Morgan fingerprint density at radius 1 is 1.25 bits per heavy atom. The summed E-state index contributed by atoms with van der Waals surface area (Å²) in [5.74, 6) is -0.746. The molecule has 28 heavy (non-hydrogen) atoms. The molecule has 148 valence electrons. The molecule has 0 unspecified atom stereocenters. The van der Waals surface area contributed by atoms with Crippen LogP contribution in [0.25, 0.3) is 11.6 Å². The Kier molecular flexibility index (Phi) is 5.94. The maximum Gasteiger partial charge on any atom is 0.256 e. The number of H-pyrrole nitrogens is 1. The first-order valence-electron chi connectivity index (χ1n) is 9.43. The van der Waals surface area contributed by atoms with Gasteiger partial charge in [-0.25, -0.2) is 4.39 Å². The summed E-state index contributed by atoms with van der Waals surface area (Å²) in [7, 11) is 0. The lowest BCUT2D eigenvalue weighted by Crippen LogP contribution is -2.22. The number of benzene rings is 1. The fraction of sp³-hybridized carbons (Fsp3) is 0.333. The van der Waals surface area contributed by atoms with Gasteiger partial charge < -0.3 is 20.9 Å². The van der Waals surface area contributed by atoms with Crippen molar-refractivity contribution < 1.29 is 14.0 Å². The summed E-state index contributed by atoms with van der Waals surface area (Å²) in [5, 5.41) is 8.88. The number of fused-ring (bicyclic) bond motifs is 1. The Morgan fingerprint density at radius 2 is 2.04 bits per heavy atom. The molecule has 3 rings (SSSR count). The molecule has 0 fully saturated rings. The summed E-state index contributed by atoms with van der Waals surface area (Å²) >= 11 is 0.